The molecule has 0 aromatic heterocycles. The van der Waals surface area contributed by atoms with Gasteiger partial charge in [0.2, 0.25) is 0 Å². The van der Waals surface area contributed by atoms with Crippen molar-refractivity contribution in [1.29, 1.82) is 0 Å². The lowest BCUT2D eigenvalue weighted by Gasteiger charge is -2.64. The standard InChI is InChI=1S/C46H76N2O7/c1-4-8-28-11-14-31-27(2)41(55-38(31)15-12-28)42(52)43(3,53)39-19-22-46(54)33-23-35(49)34-24-36(50)37(51)25-44(34,20-17-29-13-16-40(47)48-26-29)32(33)18-21-45(39,46)30-9-6-5-7-10-30/h23,27-32,34,36-42,48,50-54H,4-22,24-26,47H2,1-3H3. The molecule has 9 nitrogen and oxygen atoms in total. The van der Waals surface area contributed by atoms with Crippen molar-refractivity contribution >= 4 is 5.78 Å². The molecule has 0 spiro atoms. The first-order valence-corrected chi connectivity index (χ1v) is 23.2. The summed E-state index contributed by atoms with van der Waals surface area (Å²) in [5.74, 6) is 1.00. The summed E-state index contributed by atoms with van der Waals surface area (Å²) >= 11 is 0. The number of nitrogens with two attached hydrogens (primary N) is 1. The Morgan fingerprint density at radius 2 is 1.69 bits per heavy atom. The summed E-state index contributed by atoms with van der Waals surface area (Å²) in [6.07, 6.45) is 17.5. The minimum Gasteiger partial charge on any atom is -0.390 e. The molecule has 2 saturated heterocycles. The molecule has 312 valence electrons. The number of fused-ring (bicyclic) bond motifs is 6. The summed E-state index contributed by atoms with van der Waals surface area (Å²) < 4.78 is 6.82. The maximum Gasteiger partial charge on any atom is 0.159 e. The van der Waals surface area contributed by atoms with E-state index in [4.69, 9.17) is 10.5 Å². The largest absolute Gasteiger partial charge is 0.390 e. The Hall–Kier alpha value is -0.910. The summed E-state index contributed by atoms with van der Waals surface area (Å²) in [6.45, 7) is 7.18. The molecule has 0 aromatic carbocycles. The van der Waals surface area contributed by atoms with Crippen molar-refractivity contribution in [2.75, 3.05) is 6.54 Å². The molecule has 0 bridgehead atoms. The summed E-state index contributed by atoms with van der Waals surface area (Å²) in [6, 6.07) is 0. The number of carbonyl (C=O) groups excluding carboxylic acids is 1. The van der Waals surface area contributed by atoms with Crippen molar-refractivity contribution in [1.82, 2.24) is 5.32 Å². The monoisotopic (exact) mass is 769 g/mol. The van der Waals surface area contributed by atoms with E-state index in [0.717, 1.165) is 95.1 Å². The van der Waals surface area contributed by atoms with Gasteiger partial charge in [0, 0.05) is 11.3 Å². The van der Waals surface area contributed by atoms with Crippen LogP contribution in [0.1, 0.15) is 156 Å². The van der Waals surface area contributed by atoms with E-state index in [1.54, 1.807) is 6.08 Å². The van der Waals surface area contributed by atoms with Crippen LogP contribution in [-0.4, -0.2) is 85.7 Å². The predicted molar refractivity (Wildman–Crippen MR) is 212 cm³/mol. The molecule has 0 amide bonds. The van der Waals surface area contributed by atoms with Gasteiger partial charge in [-0.25, -0.2) is 0 Å². The van der Waals surface area contributed by atoms with Gasteiger partial charge in [0.25, 0.3) is 0 Å². The number of ketones is 1. The van der Waals surface area contributed by atoms with E-state index in [9.17, 15) is 30.3 Å². The fourth-order valence-corrected chi connectivity index (χ4v) is 15.6. The SMILES string of the molecule is CCCC1CCC2OC(C(O)C(C)(O)C3CCC4(O)C5=CC(=O)C6CC(O)C(O)CC6(CCC6CCC(N)NC6)C5CCC34C3CCCCC3)C(C)C2CC1. The first-order valence-electron chi connectivity index (χ1n) is 23.2. The lowest BCUT2D eigenvalue weighted by Crippen LogP contribution is -2.67. The molecule has 0 aromatic rings. The number of aliphatic hydroxyl groups is 5. The highest BCUT2D eigenvalue weighted by Crippen LogP contribution is 2.73. The minimum atomic E-state index is -1.50. The molecule has 8 rings (SSSR count). The van der Waals surface area contributed by atoms with Gasteiger partial charge in [-0.1, -0.05) is 52.4 Å². The zero-order chi connectivity index (χ0) is 38.9. The molecule has 2 heterocycles. The van der Waals surface area contributed by atoms with E-state index in [2.05, 4.69) is 19.2 Å². The maximum atomic E-state index is 14.5. The van der Waals surface area contributed by atoms with E-state index in [-0.39, 0.29) is 48.1 Å². The minimum absolute atomic E-state index is 0.0154. The fraction of sp³-hybridized carbons (Fsp3) is 0.935. The van der Waals surface area contributed by atoms with E-state index >= 15 is 0 Å². The van der Waals surface area contributed by atoms with Crippen LogP contribution in [-0.2, 0) is 9.53 Å². The average Bonchev–Trinajstić information content (AvgIpc) is 3.59. The highest BCUT2D eigenvalue weighted by molar-refractivity contribution is 5.95. The maximum absolute atomic E-state index is 14.5. The van der Waals surface area contributed by atoms with Crippen LogP contribution in [0.4, 0.5) is 0 Å². The Morgan fingerprint density at radius 3 is 2.42 bits per heavy atom. The molecular formula is C46H76N2O7. The summed E-state index contributed by atoms with van der Waals surface area (Å²) in [7, 11) is 0. The zero-order valence-corrected chi connectivity index (χ0v) is 34.3. The van der Waals surface area contributed by atoms with Gasteiger partial charge in [0.15, 0.2) is 5.78 Å². The molecule has 8 aliphatic rings. The third kappa shape index (κ3) is 6.67. The Labute approximate surface area is 331 Å². The van der Waals surface area contributed by atoms with Crippen LogP contribution in [0, 0.1) is 58.2 Å². The quantitative estimate of drug-likeness (QED) is 0.151. The normalized spacial score (nSPS) is 49.5. The number of rotatable bonds is 9. The highest BCUT2D eigenvalue weighted by atomic mass is 16.5. The van der Waals surface area contributed by atoms with Crippen molar-refractivity contribution in [3.63, 3.8) is 0 Å². The first kappa shape index (κ1) is 40.9. The van der Waals surface area contributed by atoms with Crippen molar-refractivity contribution in [3.8, 4) is 0 Å². The molecule has 17 unspecified atom stereocenters. The summed E-state index contributed by atoms with van der Waals surface area (Å²) in [4.78, 5) is 14.5. The molecule has 7 fully saturated rings. The van der Waals surface area contributed by atoms with Crippen molar-refractivity contribution < 1.29 is 35.1 Å². The Bertz CT molecular complexity index is 1410. The first-order chi connectivity index (χ1) is 26.3. The molecule has 8 N–H and O–H groups in total. The molecule has 0 radical (unpaired) electrons. The van der Waals surface area contributed by atoms with E-state index in [1.165, 1.54) is 32.1 Å². The fourth-order valence-electron chi connectivity index (χ4n) is 15.6. The third-order valence-electron chi connectivity index (χ3n) is 18.4. The van der Waals surface area contributed by atoms with Crippen molar-refractivity contribution in [3.05, 3.63) is 11.6 Å². The molecule has 6 aliphatic carbocycles. The van der Waals surface area contributed by atoms with Gasteiger partial charge < -0.3 is 41.3 Å². The number of nitrogens with one attached hydrogen (secondary N) is 1. The average molecular weight is 769 g/mol. The van der Waals surface area contributed by atoms with Crippen LogP contribution < -0.4 is 11.1 Å². The molecular weight excluding hydrogens is 693 g/mol. The van der Waals surface area contributed by atoms with E-state index < -0.39 is 52.4 Å². The van der Waals surface area contributed by atoms with Gasteiger partial charge in [-0.2, -0.15) is 0 Å². The molecule has 17 atom stereocenters. The third-order valence-corrected chi connectivity index (χ3v) is 18.4. The second kappa shape index (κ2) is 15.6. The number of hydrogen-bond acceptors (Lipinski definition) is 9. The number of aliphatic hydroxyl groups excluding tert-OH is 3. The van der Waals surface area contributed by atoms with Crippen LogP contribution in [0.2, 0.25) is 0 Å². The van der Waals surface area contributed by atoms with Crippen LogP contribution in [0.15, 0.2) is 11.6 Å². The van der Waals surface area contributed by atoms with Crippen LogP contribution in [0.5, 0.6) is 0 Å². The lowest BCUT2D eigenvalue weighted by atomic mass is 9.41. The Balaban J connectivity index is 1.12. The lowest BCUT2D eigenvalue weighted by molar-refractivity contribution is -0.219. The Morgan fingerprint density at radius 1 is 0.945 bits per heavy atom. The van der Waals surface area contributed by atoms with E-state index in [0.29, 0.717) is 31.1 Å². The van der Waals surface area contributed by atoms with Gasteiger partial charge in [-0.15, -0.1) is 0 Å². The van der Waals surface area contributed by atoms with Crippen molar-refractivity contribution in [2.24, 2.45) is 63.9 Å². The van der Waals surface area contributed by atoms with Crippen molar-refractivity contribution in [2.45, 2.75) is 203 Å². The summed E-state index contributed by atoms with van der Waals surface area (Å²) in [5.41, 5.74) is 2.97. The predicted octanol–water partition coefficient (Wildman–Crippen LogP) is 5.92. The van der Waals surface area contributed by atoms with Crippen LogP contribution in [0.3, 0.4) is 0 Å². The van der Waals surface area contributed by atoms with Gasteiger partial charge in [0.05, 0.1) is 41.8 Å². The smallest absolute Gasteiger partial charge is 0.159 e. The Kier molecular flexibility index (Phi) is 11.6. The van der Waals surface area contributed by atoms with E-state index in [1.807, 2.05) is 6.92 Å². The van der Waals surface area contributed by atoms with Gasteiger partial charge >= 0.3 is 0 Å². The van der Waals surface area contributed by atoms with Gasteiger partial charge in [0.1, 0.15) is 6.10 Å². The van der Waals surface area contributed by atoms with Gasteiger partial charge in [-0.05, 0) is 168 Å². The number of allylic oxidation sites excluding steroid dienone is 1. The van der Waals surface area contributed by atoms with Crippen LogP contribution >= 0.6 is 0 Å². The molecule has 55 heavy (non-hydrogen) atoms. The van der Waals surface area contributed by atoms with Gasteiger partial charge in [-0.3, -0.25) is 4.79 Å². The number of carbonyl (C=O) groups is 1. The molecule has 9 heteroatoms. The number of hydrogen-bond donors (Lipinski definition) is 7. The second-order valence-corrected chi connectivity index (χ2v) is 20.9. The molecule has 5 saturated carbocycles. The summed E-state index contributed by atoms with van der Waals surface area (Å²) in [5, 5.41) is 65.0. The molecule has 2 aliphatic heterocycles. The zero-order valence-electron chi connectivity index (χ0n) is 34.3. The highest BCUT2D eigenvalue weighted by Gasteiger charge is 2.73. The van der Waals surface area contributed by atoms with Crippen LogP contribution in [0.25, 0.3) is 0 Å². The topological polar surface area (TPSA) is 166 Å². The second-order valence-electron chi connectivity index (χ2n) is 20.9. The number of piperidine rings is 1. The number of ether oxygens (including phenoxy) is 1.